The van der Waals surface area contributed by atoms with Crippen LogP contribution in [0, 0.1) is 13.8 Å². The van der Waals surface area contributed by atoms with Crippen LogP contribution in [-0.2, 0) is 16.4 Å². The average molecular weight is 338 g/mol. The first-order chi connectivity index (χ1) is 10.7. The summed E-state index contributed by atoms with van der Waals surface area (Å²) in [5.74, 6) is 0.779. The molecule has 0 saturated heterocycles. The molecule has 126 valence electrons. The van der Waals surface area contributed by atoms with E-state index in [0.29, 0.717) is 18.7 Å². The largest absolute Gasteiger partial charge is 0.387 e. The molecule has 0 radical (unpaired) electrons. The van der Waals surface area contributed by atoms with Gasteiger partial charge < -0.3 is 9.63 Å². The molecule has 23 heavy (non-hydrogen) atoms. The van der Waals surface area contributed by atoms with Crippen LogP contribution in [-0.4, -0.2) is 43.4 Å². The number of benzene rings is 1. The highest BCUT2D eigenvalue weighted by atomic mass is 32.2. The van der Waals surface area contributed by atoms with Crippen molar-refractivity contribution in [2.75, 3.05) is 19.8 Å². The molecule has 0 bridgehead atoms. The first-order valence-electron chi connectivity index (χ1n) is 7.27. The van der Waals surface area contributed by atoms with Crippen molar-refractivity contribution in [1.82, 2.24) is 10.1 Å². The molecule has 1 aromatic carbocycles. The number of nitrogens with zero attached hydrogens (tertiary/aromatic N) is 2. The lowest BCUT2D eigenvalue weighted by Crippen LogP contribution is -2.24. The number of rotatable bonds is 6. The fraction of sp³-hybridized carbons (Fsp3) is 0.438. The van der Waals surface area contributed by atoms with Gasteiger partial charge in [0.2, 0.25) is 0 Å². The number of hydrogen-bond acceptors (Lipinski definition) is 6. The van der Waals surface area contributed by atoms with Gasteiger partial charge in [-0.2, -0.15) is 0 Å². The standard InChI is InChI=1S/C16H22N2O4S/c1-11-15(12(2)22-17-11)9-18(3)10-16(19)13-5-7-14(8-6-13)23(4,20)21/h5-8,16,19H,9-10H2,1-4H3/t16-/m1/s1. The highest BCUT2D eigenvalue weighted by Crippen LogP contribution is 2.19. The molecule has 0 amide bonds. The Bertz CT molecular complexity index is 746. The normalized spacial score (nSPS) is 13.5. The van der Waals surface area contributed by atoms with E-state index in [0.717, 1.165) is 23.3 Å². The topological polar surface area (TPSA) is 83.6 Å². The van der Waals surface area contributed by atoms with Crippen LogP contribution in [0.1, 0.15) is 28.7 Å². The van der Waals surface area contributed by atoms with Gasteiger partial charge >= 0.3 is 0 Å². The molecule has 2 aromatic rings. The molecular formula is C16H22N2O4S. The lowest BCUT2D eigenvalue weighted by atomic mass is 10.1. The van der Waals surface area contributed by atoms with Gasteiger partial charge in [0.25, 0.3) is 0 Å². The van der Waals surface area contributed by atoms with Gasteiger partial charge in [-0.1, -0.05) is 17.3 Å². The highest BCUT2D eigenvalue weighted by Gasteiger charge is 2.16. The van der Waals surface area contributed by atoms with Gasteiger partial charge in [0.05, 0.1) is 16.7 Å². The molecule has 2 rings (SSSR count). The fourth-order valence-electron chi connectivity index (χ4n) is 2.40. The Morgan fingerprint density at radius 3 is 2.35 bits per heavy atom. The zero-order valence-corrected chi connectivity index (χ0v) is 14.6. The molecule has 1 aromatic heterocycles. The van der Waals surface area contributed by atoms with Gasteiger partial charge in [-0.05, 0) is 38.6 Å². The van der Waals surface area contributed by atoms with Crippen LogP contribution >= 0.6 is 0 Å². The molecule has 1 heterocycles. The van der Waals surface area contributed by atoms with E-state index >= 15 is 0 Å². The first-order valence-corrected chi connectivity index (χ1v) is 9.16. The van der Waals surface area contributed by atoms with E-state index < -0.39 is 15.9 Å². The maximum Gasteiger partial charge on any atom is 0.175 e. The Labute approximate surface area is 136 Å². The van der Waals surface area contributed by atoms with Crippen molar-refractivity contribution in [3.05, 3.63) is 46.8 Å². The summed E-state index contributed by atoms with van der Waals surface area (Å²) in [6.07, 6.45) is 0.463. The second kappa shape index (κ2) is 6.82. The molecule has 0 aliphatic rings. The molecule has 0 fully saturated rings. The Morgan fingerprint density at radius 1 is 1.26 bits per heavy atom. The van der Waals surface area contributed by atoms with E-state index in [2.05, 4.69) is 5.16 Å². The summed E-state index contributed by atoms with van der Waals surface area (Å²) in [6, 6.07) is 6.32. The molecule has 0 spiro atoms. The van der Waals surface area contributed by atoms with E-state index in [1.165, 1.54) is 12.1 Å². The number of aliphatic hydroxyl groups is 1. The number of hydrogen-bond donors (Lipinski definition) is 1. The Morgan fingerprint density at radius 2 is 1.87 bits per heavy atom. The summed E-state index contributed by atoms with van der Waals surface area (Å²) in [5, 5.41) is 14.2. The van der Waals surface area contributed by atoms with Crippen LogP contribution in [0.5, 0.6) is 0 Å². The smallest absolute Gasteiger partial charge is 0.175 e. The van der Waals surface area contributed by atoms with Crippen LogP contribution in [0.15, 0.2) is 33.7 Å². The fourth-order valence-corrected chi connectivity index (χ4v) is 3.03. The van der Waals surface area contributed by atoms with Crippen molar-refractivity contribution in [2.45, 2.75) is 31.4 Å². The second-order valence-corrected chi connectivity index (χ2v) is 7.87. The lowest BCUT2D eigenvalue weighted by Gasteiger charge is -2.20. The summed E-state index contributed by atoms with van der Waals surface area (Å²) in [6.45, 7) is 4.80. The average Bonchev–Trinajstić information content (AvgIpc) is 2.78. The molecule has 0 unspecified atom stereocenters. The molecule has 0 saturated carbocycles. The van der Waals surface area contributed by atoms with Crippen LogP contribution in [0.3, 0.4) is 0 Å². The molecule has 1 N–H and O–H groups in total. The lowest BCUT2D eigenvalue weighted by molar-refractivity contribution is 0.123. The second-order valence-electron chi connectivity index (χ2n) is 5.86. The molecule has 6 nitrogen and oxygen atoms in total. The molecule has 7 heteroatoms. The van der Waals surface area contributed by atoms with Gasteiger partial charge in [0.1, 0.15) is 5.76 Å². The van der Waals surface area contributed by atoms with E-state index in [-0.39, 0.29) is 4.90 Å². The van der Waals surface area contributed by atoms with Crippen LogP contribution in [0.4, 0.5) is 0 Å². The summed E-state index contributed by atoms with van der Waals surface area (Å²) in [4.78, 5) is 2.22. The van der Waals surface area contributed by atoms with Gasteiger partial charge in [0.15, 0.2) is 9.84 Å². The zero-order valence-electron chi connectivity index (χ0n) is 13.8. The zero-order chi connectivity index (χ0) is 17.2. The summed E-state index contributed by atoms with van der Waals surface area (Å²) >= 11 is 0. The SMILES string of the molecule is Cc1noc(C)c1CN(C)C[C@@H](O)c1ccc(S(C)(=O)=O)cc1. The molecule has 0 aliphatic heterocycles. The van der Waals surface area contributed by atoms with E-state index in [9.17, 15) is 13.5 Å². The van der Waals surface area contributed by atoms with Crippen LogP contribution < -0.4 is 0 Å². The number of sulfone groups is 1. The number of aromatic nitrogens is 1. The Kier molecular flexibility index (Phi) is 5.23. The van der Waals surface area contributed by atoms with Gasteiger partial charge in [-0.15, -0.1) is 0 Å². The maximum atomic E-state index is 11.4. The van der Waals surface area contributed by atoms with Crippen molar-refractivity contribution >= 4 is 9.84 Å². The number of likely N-dealkylation sites (N-methyl/N-ethyl adjacent to an activating group) is 1. The minimum absolute atomic E-state index is 0.248. The Hall–Kier alpha value is -1.70. The van der Waals surface area contributed by atoms with Crippen LogP contribution in [0.25, 0.3) is 0 Å². The van der Waals surface area contributed by atoms with Crippen molar-refractivity contribution in [1.29, 1.82) is 0 Å². The molecule has 1 atom stereocenters. The van der Waals surface area contributed by atoms with E-state index in [1.807, 2.05) is 25.8 Å². The van der Waals surface area contributed by atoms with Crippen molar-refractivity contribution in [2.24, 2.45) is 0 Å². The summed E-state index contributed by atoms with van der Waals surface area (Å²) in [7, 11) is -1.32. The van der Waals surface area contributed by atoms with Crippen molar-refractivity contribution in [3.63, 3.8) is 0 Å². The third-order valence-electron chi connectivity index (χ3n) is 3.79. The predicted molar refractivity (Wildman–Crippen MR) is 86.8 cm³/mol. The minimum atomic E-state index is -3.22. The molecular weight excluding hydrogens is 316 g/mol. The minimum Gasteiger partial charge on any atom is -0.387 e. The summed E-state index contributed by atoms with van der Waals surface area (Å²) < 4.78 is 28.0. The third kappa shape index (κ3) is 4.40. The van der Waals surface area contributed by atoms with Crippen LogP contribution in [0.2, 0.25) is 0 Å². The van der Waals surface area contributed by atoms with Gasteiger partial charge in [-0.25, -0.2) is 8.42 Å². The van der Waals surface area contributed by atoms with E-state index in [1.54, 1.807) is 12.1 Å². The van der Waals surface area contributed by atoms with Gasteiger partial charge in [-0.3, -0.25) is 4.90 Å². The van der Waals surface area contributed by atoms with Gasteiger partial charge in [0, 0.05) is 24.9 Å². The summed E-state index contributed by atoms with van der Waals surface area (Å²) in [5.41, 5.74) is 2.55. The highest BCUT2D eigenvalue weighted by molar-refractivity contribution is 7.90. The quantitative estimate of drug-likeness (QED) is 0.865. The number of aryl methyl sites for hydroxylation is 2. The Balaban J connectivity index is 2.02. The van der Waals surface area contributed by atoms with Crippen molar-refractivity contribution < 1.29 is 18.0 Å². The van der Waals surface area contributed by atoms with Crippen molar-refractivity contribution in [3.8, 4) is 0 Å². The first kappa shape index (κ1) is 17.7. The monoisotopic (exact) mass is 338 g/mol. The predicted octanol–water partition coefficient (Wildman–Crippen LogP) is 1.86. The third-order valence-corrected chi connectivity index (χ3v) is 4.92. The van der Waals surface area contributed by atoms with E-state index in [4.69, 9.17) is 4.52 Å². The molecule has 0 aliphatic carbocycles. The maximum absolute atomic E-state index is 11.4. The number of aliphatic hydroxyl groups excluding tert-OH is 1.